The van der Waals surface area contributed by atoms with Crippen LogP contribution in [0.1, 0.15) is 10.6 Å². The molecule has 3 rings (SSSR count). The lowest BCUT2D eigenvalue weighted by atomic mass is 10.1. The van der Waals surface area contributed by atoms with Crippen LogP contribution in [0.15, 0.2) is 30.5 Å². The van der Waals surface area contributed by atoms with Crippen LogP contribution in [0.5, 0.6) is 0 Å². The number of rotatable bonds is 2. The van der Waals surface area contributed by atoms with Crippen molar-refractivity contribution >= 4 is 23.3 Å². The number of aromatic carboxylic acids is 1. The molecule has 100 valence electrons. The Balaban J connectivity index is 2.24. The number of carboxylic acids is 1. The molecule has 0 aliphatic carbocycles. The zero-order valence-corrected chi connectivity index (χ0v) is 10.5. The topological polar surface area (TPSA) is 80.4 Å². The molecule has 0 bridgehead atoms. The molecule has 0 unspecified atom stereocenters. The SMILES string of the molecule is O=C(O)c1nc2nccc(-c3ccc(F)c(Cl)c3)n2n1. The zero-order chi connectivity index (χ0) is 14.3. The van der Waals surface area contributed by atoms with Crippen LogP contribution in [0.2, 0.25) is 5.02 Å². The Labute approximate surface area is 116 Å². The van der Waals surface area contributed by atoms with Crippen LogP contribution in [-0.2, 0) is 0 Å². The summed E-state index contributed by atoms with van der Waals surface area (Å²) in [5.74, 6) is -2.01. The van der Waals surface area contributed by atoms with Gasteiger partial charge in [0.05, 0.1) is 10.7 Å². The third-order valence-electron chi connectivity index (χ3n) is 2.65. The van der Waals surface area contributed by atoms with Crippen LogP contribution in [0, 0.1) is 5.82 Å². The summed E-state index contributed by atoms with van der Waals surface area (Å²) >= 11 is 5.74. The molecule has 1 aromatic carbocycles. The fourth-order valence-electron chi connectivity index (χ4n) is 1.76. The maximum Gasteiger partial charge on any atom is 0.375 e. The molecule has 2 heterocycles. The third kappa shape index (κ3) is 1.97. The van der Waals surface area contributed by atoms with Gasteiger partial charge in [0.15, 0.2) is 0 Å². The number of halogens is 2. The first-order chi connectivity index (χ1) is 9.56. The molecule has 0 amide bonds. The van der Waals surface area contributed by atoms with Crippen molar-refractivity contribution in [2.75, 3.05) is 0 Å². The second-order valence-corrected chi connectivity index (χ2v) is 4.32. The lowest BCUT2D eigenvalue weighted by Gasteiger charge is -2.04. The van der Waals surface area contributed by atoms with Gasteiger partial charge in [-0.25, -0.2) is 14.2 Å². The summed E-state index contributed by atoms with van der Waals surface area (Å²) in [4.78, 5) is 18.6. The Hall–Kier alpha value is -2.54. The second kappa shape index (κ2) is 4.53. The molecule has 0 saturated carbocycles. The van der Waals surface area contributed by atoms with Gasteiger partial charge in [-0.2, -0.15) is 9.50 Å². The monoisotopic (exact) mass is 292 g/mol. The average molecular weight is 293 g/mol. The van der Waals surface area contributed by atoms with E-state index in [1.165, 1.54) is 28.9 Å². The number of benzene rings is 1. The molecule has 8 heteroatoms. The smallest absolute Gasteiger partial charge is 0.375 e. The van der Waals surface area contributed by atoms with E-state index in [2.05, 4.69) is 15.1 Å². The van der Waals surface area contributed by atoms with E-state index >= 15 is 0 Å². The maximum atomic E-state index is 13.2. The first-order valence-corrected chi connectivity index (χ1v) is 5.84. The predicted molar refractivity (Wildman–Crippen MR) is 68.1 cm³/mol. The average Bonchev–Trinajstić information content (AvgIpc) is 2.86. The summed E-state index contributed by atoms with van der Waals surface area (Å²) in [6, 6.07) is 5.77. The van der Waals surface area contributed by atoms with Crippen molar-refractivity contribution in [3.8, 4) is 11.3 Å². The maximum absolute atomic E-state index is 13.2. The van der Waals surface area contributed by atoms with Crippen LogP contribution >= 0.6 is 11.6 Å². The Bertz CT molecular complexity index is 833. The van der Waals surface area contributed by atoms with E-state index in [1.54, 1.807) is 6.07 Å². The van der Waals surface area contributed by atoms with Gasteiger partial charge in [-0.1, -0.05) is 11.6 Å². The normalized spacial score (nSPS) is 10.9. The molecule has 0 saturated heterocycles. The van der Waals surface area contributed by atoms with Gasteiger partial charge >= 0.3 is 5.97 Å². The van der Waals surface area contributed by atoms with Gasteiger partial charge in [0.2, 0.25) is 0 Å². The van der Waals surface area contributed by atoms with Crippen LogP contribution in [0.25, 0.3) is 17.0 Å². The van der Waals surface area contributed by atoms with E-state index in [-0.39, 0.29) is 16.6 Å². The third-order valence-corrected chi connectivity index (χ3v) is 2.94. The van der Waals surface area contributed by atoms with Crippen molar-refractivity contribution in [2.24, 2.45) is 0 Å². The Kier molecular flexibility index (Phi) is 2.83. The molecule has 0 aliphatic rings. The van der Waals surface area contributed by atoms with Crippen molar-refractivity contribution in [2.45, 2.75) is 0 Å². The fraction of sp³-hybridized carbons (Fsp3) is 0. The second-order valence-electron chi connectivity index (χ2n) is 3.91. The highest BCUT2D eigenvalue weighted by Crippen LogP contribution is 2.24. The van der Waals surface area contributed by atoms with Gasteiger partial charge < -0.3 is 5.11 Å². The summed E-state index contributed by atoms with van der Waals surface area (Å²) in [6.07, 6.45) is 1.46. The van der Waals surface area contributed by atoms with E-state index in [4.69, 9.17) is 16.7 Å². The molecule has 20 heavy (non-hydrogen) atoms. The molecule has 0 spiro atoms. The summed E-state index contributed by atoms with van der Waals surface area (Å²) < 4.78 is 14.5. The van der Waals surface area contributed by atoms with Crippen molar-refractivity contribution in [3.63, 3.8) is 0 Å². The predicted octanol–water partition coefficient (Wildman–Crippen LogP) is 2.28. The summed E-state index contributed by atoms with van der Waals surface area (Å²) in [7, 11) is 0. The number of aromatic nitrogens is 4. The molecule has 0 fully saturated rings. The van der Waals surface area contributed by atoms with Crippen LogP contribution in [-0.4, -0.2) is 30.7 Å². The summed E-state index contributed by atoms with van der Waals surface area (Å²) in [5, 5.41) is 12.7. The van der Waals surface area contributed by atoms with Gasteiger partial charge in [-0.05, 0) is 24.3 Å². The van der Waals surface area contributed by atoms with Crippen LogP contribution in [0.4, 0.5) is 4.39 Å². The molecule has 0 aliphatic heterocycles. The zero-order valence-electron chi connectivity index (χ0n) is 9.79. The Morgan fingerprint density at radius 1 is 1.35 bits per heavy atom. The van der Waals surface area contributed by atoms with E-state index in [0.717, 1.165) is 0 Å². The summed E-state index contributed by atoms with van der Waals surface area (Å²) in [6.45, 7) is 0. The molecule has 1 N–H and O–H groups in total. The standard InChI is InChI=1S/C12H6ClFN4O2/c13-7-5-6(1-2-8(7)14)9-3-4-15-12-16-10(11(19)20)17-18(9)12/h1-5H,(H,19,20). The van der Waals surface area contributed by atoms with E-state index in [1.807, 2.05) is 0 Å². The van der Waals surface area contributed by atoms with Gasteiger partial charge in [0.1, 0.15) is 5.82 Å². The van der Waals surface area contributed by atoms with Crippen molar-refractivity contribution in [3.05, 3.63) is 47.1 Å². The largest absolute Gasteiger partial charge is 0.475 e. The first kappa shape index (κ1) is 12.5. The quantitative estimate of drug-likeness (QED) is 0.784. The minimum Gasteiger partial charge on any atom is -0.475 e. The van der Waals surface area contributed by atoms with Crippen LogP contribution < -0.4 is 0 Å². The molecular weight excluding hydrogens is 287 g/mol. The highest BCUT2D eigenvalue weighted by Gasteiger charge is 2.15. The van der Waals surface area contributed by atoms with Gasteiger partial charge in [-0.15, -0.1) is 5.10 Å². The van der Waals surface area contributed by atoms with E-state index in [9.17, 15) is 9.18 Å². The minimum absolute atomic E-state index is 0.0361. The van der Waals surface area contributed by atoms with Crippen molar-refractivity contribution in [1.82, 2.24) is 19.6 Å². The van der Waals surface area contributed by atoms with Crippen molar-refractivity contribution in [1.29, 1.82) is 0 Å². The van der Waals surface area contributed by atoms with Gasteiger partial charge in [0.25, 0.3) is 11.6 Å². The number of fused-ring (bicyclic) bond motifs is 1. The fourth-order valence-corrected chi connectivity index (χ4v) is 1.94. The lowest BCUT2D eigenvalue weighted by Crippen LogP contribution is -2.00. The molecular formula is C12H6ClFN4O2. The molecule has 0 atom stereocenters. The molecule has 3 aromatic rings. The minimum atomic E-state index is -1.25. The van der Waals surface area contributed by atoms with Crippen molar-refractivity contribution < 1.29 is 14.3 Å². The Morgan fingerprint density at radius 3 is 2.85 bits per heavy atom. The first-order valence-electron chi connectivity index (χ1n) is 5.47. The molecule has 0 radical (unpaired) electrons. The highest BCUT2D eigenvalue weighted by molar-refractivity contribution is 6.31. The summed E-state index contributed by atoms with van der Waals surface area (Å²) in [5.41, 5.74) is 1.09. The number of carboxylic acid groups (broad SMARTS) is 1. The number of hydrogen-bond acceptors (Lipinski definition) is 4. The highest BCUT2D eigenvalue weighted by atomic mass is 35.5. The number of hydrogen-bond donors (Lipinski definition) is 1. The van der Waals surface area contributed by atoms with Crippen LogP contribution in [0.3, 0.4) is 0 Å². The molecule has 2 aromatic heterocycles. The van der Waals surface area contributed by atoms with E-state index in [0.29, 0.717) is 11.3 Å². The van der Waals surface area contributed by atoms with Gasteiger partial charge in [0, 0.05) is 11.8 Å². The lowest BCUT2D eigenvalue weighted by molar-refractivity contribution is 0.0684. The number of carbonyl (C=O) groups is 1. The van der Waals surface area contributed by atoms with E-state index < -0.39 is 11.8 Å². The Morgan fingerprint density at radius 2 is 2.15 bits per heavy atom. The van der Waals surface area contributed by atoms with Gasteiger partial charge in [-0.3, -0.25) is 0 Å². The number of nitrogens with zero attached hydrogens (tertiary/aromatic N) is 4. The molecule has 6 nitrogen and oxygen atoms in total.